The van der Waals surface area contributed by atoms with Crippen LogP contribution in [0.25, 0.3) is 21.8 Å². The van der Waals surface area contributed by atoms with Gasteiger partial charge in [0.15, 0.2) is 0 Å². The van der Waals surface area contributed by atoms with Gasteiger partial charge in [0.25, 0.3) is 0 Å². The van der Waals surface area contributed by atoms with Crippen LogP contribution in [0, 0.1) is 0 Å². The molecule has 0 aliphatic rings. The third-order valence-corrected chi connectivity index (χ3v) is 5.38. The van der Waals surface area contributed by atoms with Crippen molar-refractivity contribution in [1.29, 1.82) is 0 Å². The number of rotatable bonds is 8. The first-order valence-electron chi connectivity index (χ1n) is 10.2. The summed E-state index contributed by atoms with van der Waals surface area (Å²) in [5.41, 5.74) is 3.12. The molecule has 1 heterocycles. The van der Waals surface area contributed by atoms with E-state index in [1.54, 1.807) is 6.07 Å². The molecule has 0 aliphatic carbocycles. The van der Waals surface area contributed by atoms with Crippen LogP contribution < -0.4 is 15.0 Å². The highest BCUT2D eigenvalue weighted by atomic mass is 16.3. The number of nitrogens with zero attached hydrogens (tertiary/aromatic N) is 1. The molecule has 2 N–H and O–H groups in total. The van der Waals surface area contributed by atoms with Gasteiger partial charge in [-0.3, -0.25) is 5.32 Å². The fraction of sp³-hybridized carbons (Fsp3) is 0.292. The summed E-state index contributed by atoms with van der Waals surface area (Å²) < 4.78 is 2.31. The van der Waals surface area contributed by atoms with Gasteiger partial charge in [0.05, 0.1) is 13.1 Å². The molecule has 28 heavy (non-hydrogen) atoms. The van der Waals surface area contributed by atoms with Gasteiger partial charge >= 0.3 is 5.95 Å². The Kier molecular flexibility index (Phi) is 5.47. The van der Waals surface area contributed by atoms with Crippen molar-refractivity contribution in [2.24, 2.45) is 0 Å². The quantitative estimate of drug-likeness (QED) is 0.342. The molecule has 4 heteroatoms. The van der Waals surface area contributed by atoms with Crippen molar-refractivity contribution in [3.05, 3.63) is 66.2 Å². The number of aromatic amines is 1. The number of H-pyrrole nitrogens is 1. The van der Waals surface area contributed by atoms with Crippen molar-refractivity contribution in [1.82, 2.24) is 4.98 Å². The molecule has 0 fully saturated rings. The number of para-hydroxylation sites is 2. The van der Waals surface area contributed by atoms with Gasteiger partial charge in [0.2, 0.25) is 0 Å². The minimum atomic E-state index is 0.0804. The number of hydrogen-bond donors (Lipinski definition) is 2. The number of unbranched alkanes of at least 4 members (excludes halogenated alkanes) is 3. The van der Waals surface area contributed by atoms with Crippen LogP contribution in [0.1, 0.15) is 38.2 Å². The zero-order chi connectivity index (χ0) is 19.3. The van der Waals surface area contributed by atoms with E-state index in [1.165, 1.54) is 24.8 Å². The van der Waals surface area contributed by atoms with E-state index in [4.69, 9.17) is 0 Å². The van der Waals surface area contributed by atoms with Crippen molar-refractivity contribution in [3.8, 4) is 5.75 Å². The van der Waals surface area contributed by atoms with Crippen LogP contribution in [0.5, 0.6) is 5.75 Å². The number of benzene rings is 3. The third kappa shape index (κ3) is 3.68. The molecule has 0 unspecified atom stereocenters. The highest BCUT2D eigenvalue weighted by Gasteiger charge is 2.17. The SMILES string of the molecule is CCCCCC[n+]1c(NCc2c([O-])ccc3ccccc23)[nH]c2ccccc21. The smallest absolute Gasteiger partial charge is 0.356 e. The van der Waals surface area contributed by atoms with Gasteiger partial charge < -0.3 is 5.11 Å². The number of aryl methyl sites for hydroxylation is 1. The molecular formula is C24H27N3O. The molecule has 4 aromatic rings. The van der Waals surface area contributed by atoms with Crippen LogP contribution in [0.4, 0.5) is 5.95 Å². The molecule has 0 aliphatic heterocycles. The highest BCUT2D eigenvalue weighted by Crippen LogP contribution is 2.26. The fourth-order valence-corrected chi connectivity index (χ4v) is 3.87. The molecule has 0 saturated carbocycles. The number of anilines is 1. The lowest BCUT2D eigenvalue weighted by Gasteiger charge is -2.15. The third-order valence-electron chi connectivity index (χ3n) is 5.38. The van der Waals surface area contributed by atoms with Gasteiger partial charge in [-0.1, -0.05) is 74.7 Å². The lowest BCUT2D eigenvalue weighted by Crippen LogP contribution is -2.36. The van der Waals surface area contributed by atoms with Crippen molar-refractivity contribution in [3.63, 3.8) is 0 Å². The molecule has 0 bridgehead atoms. The maximum absolute atomic E-state index is 12.5. The van der Waals surface area contributed by atoms with Gasteiger partial charge in [-0.15, -0.1) is 5.75 Å². The Morgan fingerprint density at radius 3 is 2.64 bits per heavy atom. The van der Waals surface area contributed by atoms with Gasteiger partial charge in [-0.05, 0) is 34.9 Å². The summed E-state index contributed by atoms with van der Waals surface area (Å²) >= 11 is 0. The summed E-state index contributed by atoms with van der Waals surface area (Å²) in [5.74, 6) is 1.04. The standard InChI is InChI=1S/C24H27N3O/c1-2-3-4-9-16-27-22-13-8-7-12-21(22)26-24(27)25-17-20-19-11-6-5-10-18(19)14-15-23(20)28/h5-8,10-15H,2-4,9,16-17H2,1H3,(H2,25,26,28). The Bertz CT molecular complexity index is 1080. The van der Waals surface area contributed by atoms with E-state index in [0.29, 0.717) is 6.54 Å². The molecule has 0 radical (unpaired) electrons. The number of nitrogens with one attached hydrogen (secondary N) is 2. The Morgan fingerprint density at radius 2 is 1.75 bits per heavy atom. The first-order valence-corrected chi connectivity index (χ1v) is 10.2. The van der Waals surface area contributed by atoms with Crippen molar-refractivity contribution < 1.29 is 9.67 Å². The number of fused-ring (bicyclic) bond motifs is 2. The summed E-state index contributed by atoms with van der Waals surface area (Å²) in [6.45, 7) is 3.70. The predicted molar refractivity (Wildman–Crippen MR) is 113 cm³/mol. The largest absolute Gasteiger partial charge is 0.872 e. The summed E-state index contributed by atoms with van der Waals surface area (Å²) in [5, 5.41) is 18.1. The molecule has 3 aromatic carbocycles. The van der Waals surface area contributed by atoms with E-state index in [9.17, 15) is 5.11 Å². The number of hydrogen-bond acceptors (Lipinski definition) is 2. The van der Waals surface area contributed by atoms with Gasteiger partial charge in [-0.25, -0.2) is 9.55 Å². The first kappa shape index (κ1) is 18.4. The molecular weight excluding hydrogens is 346 g/mol. The molecule has 0 saturated heterocycles. The second-order valence-corrected chi connectivity index (χ2v) is 7.32. The van der Waals surface area contributed by atoms with E-state index in [0.717, 1.165) is 40.8 Å². The van der Waals surface area contributed by atoms with Gasteiger partial charge in [0.1, 0.15) is 11.0 Å². The topological polar surface area (TPSA) is 54.8 Å². The van der Waals surface area contributed by atoms with Crippen LogP contribution in [0.2, 0.25) is 0 Å². The summed E-state index contributed by atoms with van der Waals surface area (Å²) in [6, 6.07) is 20.0. The second-order valence-electron chi connectivity index (χ2n) is 7.32. The fourth-order valence-electron chi connectivity index (χ4n) is 3.87. The lowest BCUT2D eigenvalue weighted by atomic mass is 10.0. The maximum Gasteiger partial charge on any atom is 0.356 e. The van der Waals surface area contributed by atoms with Crippen molar-refractivity contribution in [2.75, 3.05) is 5.32 Å². The van der Waals surface area contributed by atoms with Crippen LogP contribution >= 0.6 is 0 Å². The zero-order valence-electron chi connectivity index (χ0n) is 16.4. The van der Waals surface area contributed by atoms with Gasteiger partial charge in [-0.2, -0.15) is 0 Å². The second kappa shape index (κ2) is 8.34. The normalized spacial score (nSPS) is 11.3. The Balaban J connectivity index is 1.62. The summed E-state index contributed by atoms with van der Waals surface area (Å²) in [7, 11) is 0. The van der Waals surface area contributed by atoms with Gasteiger partial charge in [0, 0.05) is 0 Å². The molecule has 144 valence electrons. The van der Waals surface area contributed by atoms with Crippen molar-refractivity contribution in [2.45, 2.75) is 45.7 Å². The monoisotopic (exact) mass is 373 g/mol. The van der Waals surface area contributed by atoms with E-state index >= 15 is 0 Å². The van der Waals surface area contributed by atoms with Crippen LogP contribution in [0.15, 0.2) is 60.7 Å². The average molecular weight is 374 g/mol. The van der Waals surface area contributed by atoms with Crippen LogP contribution in [-0.4, -0.2) is 4.98 Å². The van der Waals surface area contributed by atoms with E-state index in [-0.39, 0.29) is 5.75 Å². The summed E-state index contributed by atoms with van der Waals surface area (Å²) in [4.78, 5) is 3.49. The molecule has 0 atom stereocenters. The van der Waals surface area contributed by atoms with E-state index in [2.05, 4.69) is 46.1 Å². The highest BCUT2D eigenvalue weighted by molar-refractivity contribution is 5.87. The molecule has 4 rings (SSSR count). The zero-order valence-corrected chi connectivity index (χ0v) is 16.4. The van der Waals surface area contributed by atoms with E-state index in [1.807, 2.05) is 30.3 Å². The van der Waals surface area contributed by atoms with E-state index < -0.39 is 0 Å². The molecule has 4 nitrogen and oxygen atoms in total. The molecule has 1 aromatic heterocycles. The average Bonchev–Trinajstić information content (AvgIpc) is 3.08. The lowest BCUT2D eigenvalue weighted by molar-refractivity contribution is -0.657. The maximum atomic E-state index is 12.5. The van der Waals surface area contributed by atoms with Crippen LogP contribution in [-0.2, 0) is 13.1 Å². The molecule has 0 spiro atoms. The number of imidazole rings is 1. The minimum absolute atomic E-state index is 0.0804. The molecule has 0 amide bonds. The summed E-state index contributed by atoms with van der Waals surface area (Å²) in [6.07, 6.45) is 4.88. The first-order chi connectivity index (χ1) is 13.8. The Morgan fingerprint density at radius 1 is 0.929 bits per heavy atom. The Labute approximate surface area is 165 Å². The van der Waals surface area contributed by atoms with Crippen molar-refractivity contribution >= 4 is 27.8 Å². The number of aromatic nitrogens is 2. The predicted octanol–water partition coefficient (Wildman–Crippen LogP) is 4.87. The minimum Gasteiger partial charge on any atom is -0.872 e. The van der Waals surface area contributed by atoms with Crippen LogP contribution in [0.3, 0.4) is 0 Å². The Hall–Kier alpha value is -3.01.